The van der Waals surface area contributed by atoms with Crippen LogP contribution in [-0.4, -0.2) is 33.8 Å². The standard InChI is InChI=1S/C15H23N3O/c1-12-7-8-15(19)18(16-12)11-13-9-17(10-13)14-5-3-2-4-6-14/h7-8,13-14H,2-6,9-11H2,1H3. The molecule has 0 N–H and O–H groups in total. The molecule has 1 aromatic rings. The molecule has 1 aliphatic heterocycles. The Kier molecular flexibility index (Phi) is 3.69. The molecule has 0 aromatic carbocycles. The van der Waals surface area contributed by atoms with Gasteiger partial charge in [-0.3, -0.25) is 9.69 Å². The first-order chi connectivity index (χ1) is 9.22. The van der Waals surface area contributed by atoms with Gasteiger partial charge in [-0.25, -0.2) is 4.68 Å². The summed E-state index contributed by atoms with van der Waals surface area (Å²) < 4.78 is 1.64. The van der Waals surface area contributed by atoms with E-state index >= 15 is 0 Å². The minimum atomic E-state index is 0.0294. The molecule has 1 saturated carbocycles. The van der Waals surface area contributed by atoms with Crippen LogP contribution in [0, 0.1) is 12.8 Å². The SMILES string of the molecule is Cc1ccc(=O)n(CC2CN(C3CCCCC3)C2)n1. The molecule has 0 unspecified atom stereocenters. The van der Waals surface area contributed by atoms with Gasteiger partial charge in [-0.2, -0.15) is 5.10 Å². The third kappa shape index (κ3) is 2.89. The fourth-order valence-corrected chi connectivity index (χ4v) is 3.40. The smallest absolute Gasteiger partial charge is 0.266 e. The van der Waals surface area contributed by atoms with Crippen molar-refractivity contribution in [1.29, 1.82) is 0 Å². The van der Waals surface area contributed by atoms with Crippen LogP contribution in [0.3, 0.4) is 0 Å². The number of hydrogen-bond acceptors (Lipinski definition) is 3. The van der Waals surface area contributed by atoms with E-state index < -0.39 is 0 Å². The number of likely N-dealkylation sites (tertiary alicyclic amines) is 1. The van der Waals surface area contributed by atoms with E-state index in [-0.39, 0.29) is 5.56 Å². The topological polar surface area (TPSA) is 38.1 Å². The summed E-state index contributed by atoms with van der Waals surface area (Å²) >= 11 is 0. The fourth-order valence-electron chi connectivity index (χ4n) is 3.40. The maximum Gasteiger partial charge on any atom is 0.266 e. The molecular weight excluding hydrogens is 238 g/mol. The van der Waals surface area contributed by atoms with E-state index in [9.17, 15) is 4.79 Å². The maximum absolute atomic E-state index is 11.7. The average molecular weight is 261 g/mol. The van der Waals surface area contributed by atoms with Crippen molar-refractivity contribution < 1.29 is 0 Å². The second-order valence-corrected chi connectivity index (χ2v) is 6.11. The van der Waals surface area contributed by atoms with Crippen LogP contribution in [-0.2, 0) is 6.54 Å². The van der Waals surface area contributed by atoms with Crippen molar-refractivity contribution in [2.75, 3.05) is 13.1 Å². The van der Waals surface area contributed by atoms with Crippen molar-refractivity contribution in [2.24, 2.45) is 5.92 Å². The molecule has 2 aliphatic rings. The molecule has 1 aliphatic carbocycles. The molecule has 1 aromatic heterocycles. The van der Waals surface area contributed by atoms with E-state index in [4.69, 9.17) is 0 Å². The lowest BCUT2D eigenvalue weighted by molar-refractivity contribution is 0.0250. The van der Waals surface area contributed by atoms with E-state index in [1.807, 2.05) is 6.92 Å². The number of hydrogen-bond donors (Lipinski definition) is 0. The summed E-state index contributed by atoms with van der Waals surface area (Å²) in [5.41, 5.74) is 0.949. The highest BCUT2D eigenvalue weighted by Crippen LogP contribution is 2.28. The Bertz CT molecular complexity index is 484. The Morgan fingerprint density at radius 2 is 1.95 bits per heavy atom. The molecule has 4 heteroatoms. The quantitative estimate of drug-likeness (QED) is 0.833. The van der Waals surface area contributed by atoms with Crippen molar-refractivity contribution in [2.45, 2.75) is 51.6 Å². The summed E-state index contributed by atoms with van der Waals surface area (Å²) in [5, 5.41) is 4.32. The van der Waals surface area contributed by atoms with E-state index in [0.29, 0.717) is 5.92 Å². The monoisotopic (exact) mass is 261 g/mol. The zero-order chi connectivity index (χ0) is 13.2. The Balaban J connectivity index is 1.53. The van der Waals surface area contributed by atoms with Crippen molar-refractivity contribution in [3.63, 3.8) is 0 Å². The lowest BCUT2D eigenvalue weighted by Gasteiger charge is -2.45. The van der Waals surface area contributed by atoms with Gasteiger partial charge in [0.1, 0.15) is 0 Å². The normalized spacial score (nSPS) is 22.4. The molecule has 4 nitrogen and oxygen atoms in total. The highest BCUT2D eigenvalue weighted by molar-refractivity contribution is 4.97. The lowest BCUT2D eigenvalue weighted by atomic mass is 9.89. The predicted octanol–water partition coefficient (Wildman–Crippen LogP) is 1.82. The summed E-state index contributed by atoms with van der Waals surface area (Å²) in [5.74, 6) is 0.605. The molecular formula is C15H23N3O. The largest absolute Gasteiger partial charge is 0.300 e. The second kappa shape index (κ2) is 5.45. The van der Waals surface area contributed by atoms with Gasteiger partial charge in [0.05, 0.1) is 12.2 Å². The van der Waals surface area contributed by atoms with Crippen LogP contribution < -0.4 is 5.56 Å². The molecule has 19 heavy (non-hydrogen) atoms. The first kappa shape index (κ1) is 12.9. The second-order valence-electron chi connectivity index (χ2n) is 6.11. The van der Waals surface area contributed by atoms with E-state index in [0.717, 1.165) is 31.4 Å². The van der Waals surface area contributed by atoms with Crippen molar-refractivity contribution >= 4 is 0 Å². The van der Waals surface area contributed by atoms with Crippen LogP contribution in [0.1, 0.15) is 37.8 Å². The highest BCUT2D eigenvalue weighted by Gasteiger charge is 2.33. The Morgan fingerprint density at radius 1 is 1.21 bits per heavy atom. The fraction of sp³-hybridized carbons (Fsp3) is 0.733. The number of rotatable bonds is 3. The summed E-state index contributed by atoms with van der Waals surface area (Å²) in [6.07, 6.45) is 6.94. The van der Waals surface area contributed by atoms with Gasteiger partial charge >= 0.3 is 0 Å². The molecule has 3 rings (SSSR count). The Hall–Kier alpha value is -1.16. The zero-order valence-corrected chi connectivity index (χ0v) is 11.7. The third-order valence-electron chi connectivity index (χ3n) is 4.51. The molecule has 0 atom stereocenters. The van der Waals surface area contributed by atoms with Crippen LogP contribution in [0.25, 0.3) is 0 Å². The number of aromatic nitrogens is 2. The van der Waals surface area contributed by atoms with Crippen molar-refractivity contribution in [3.05, 3.63) is 28.2 Å². The molecule has 0 radical (unpaired) electrons. The van der Waals surface area contributed by atoms with Crippen LogP contribution >= 0.6 is 0 Å². The van der Waals surface area contributed by atoms with Crippen LogP contribution in [0.5, 0.6) is 0 Å². The Labute approximate surface area is 114 Å². The van der Waals surface area contributed by atoms with Crippen molar-refractivity contribution in [1.82, 2.24) is 14.7 Å². The minimum Gasteiger partial charge on any atom is -0.300 e. The van der Waals surface area contributed by atoms with E-state index in [1.165, 1.54) is 32.1 Å². The van der Waals surface area contributed by atoms with Crippen molar-refractivity contribution in [3.8, 4) is 0 Å². The first-order valence-corrected chi connectivity index (χ1v) is 7.51. The van der Waals surface area contributed by atoms with E-state index in [1.54, 1.807) is 16.8 Å². The summed E-state index contributed by atoms with van der Waals surface area (Å²) in [6, 6.07) is 4.22. The van der Waals surface area contributed by atoms with Crippen LogP contribution in [0.4, 0.5) is 0 Å². The zero-order valence-electron chi connectivity index (χ0n) is 11.7. The van der Waals surface area contributed by atoms with Gasteiger partial charge in [0.2, 0.25) is 0 Å². The third-order valence-corrected chi connectivity index (χ3v) is 4.51. The molecule has 0 bridgehead atoms. The van der Waals surface area contributed by atoms with Gasteiger partial charge in [0.25, 0.3) is 5.56 Å². The molecule has 2 heterocycles. The van der Waals surface area contributed by atoms with Gasteiger partial charge < -0.3 is 0 Å². The average Bonchev–Trinajstić information content (AvgIpc) is 2.38. The molecule has 104 valence electrons. The van der Waals surface area contributed by atoms with Gasteiger partial charge in [-0.05, 0) is 25.8 Å². The summed E-state index contributed by atoms with van der Waals surface area (Å²) in [4.78, 5) is 14.3. The first-order valence-electron chi connectivity index (χ1n) is 7.51. The maximum atomic E-state index is 11.7. The van der Waals surface area contributed by atoms with Crippen LogP contribution in [0.2, 0.25) is 0 Å². The predicted molar refractivity (Wildman–Crippen MR) is 75.2 cm³/mol. The van der Waals surface area contributed by atoms with Gasteiger partial charge in [0.15, 0.2) is 0 Å². The molecule has 0 amide bonds. The van der Waals surface area contributed by atoms with E-state index in [2.05, 4.69) is 10.00 Å². The number of nitrogens with zero attached hydrogens (tertiary/aromatic N) is 3. The molecule has 2 fully saturated rings. The molecule has 0 spiro atoms. The van der Waals surface area contributed by atoms with Crippen LogP contribution in [0.15, 0.2) is 16.9 Å². The lowest BCUT2D eigenvalue weighted by Crippen LogP contribution is -2.54. The van der Waals surface area contributed by atoms with Gasteiger partial charge in [-0.15, -0.1) is 0 Å². The van der Waals surface area contributed by atoms with Gasteiger partial charge in [-0.1, -0.05) is 19.3 Å². The summed E-state index contributed by atoms with van der Waals surface area (Å²) in [6.45, 7) is 5.01. The molecule has 1 saturated heterocycles. The summed E-state index contributed by atoms with van der Waals surface area (Å²) in [7, 11) is 0. The Morgan fingerprint density at radius 3 is 2.68 bits per heavy atom. The van der Waals surface area contributed by atoms with Gasteiger partial charge in [0, 0.05) is 31.1 Å². The minimum absolute atomic E-state index is 0.0294. The number of aryl methyl sites for hydroxylation is 1. The highest BCUT2D eigenvalue weighted by atomic mass is 16.1.